The molecule has 1 aliphatic rings. The standard InChI is InChI=1S/C14H14FN3/c1-9-12(16)4-5-14(17-9)18-7-6-10-2-3-11(15)8-13(10)18/h2-5,8H,6-7,16H2,1H3. The van der Waals surface area contributed by atoms with E-state index in [0.717, 1.165) is 35.7 Å². The number of pyridine rings is 1. The van der Waals surface area contributed by atoms with E-state index in [-0.39, 0.29) is 5.82 Å². The number of halogens is 1. The highest BCUT2D eigenvalue weighted by molar-refractivity contribution is 5.68. The molecular formula is C14H14FN3. The van der Waals surface area contributed by atoms with Gasteiger partial charge in [0.15, 0.2) is 0 Å². The Labute approximate surface area is 105 Å². The molecule has 1 aliphatic heterocycles. The molecule has 0 fully saturated rings. The fraction of sp³-hybridized carbons (Fsp3) is 0.214. The summed E-state index contributed by atoms with van der Waals surface area (Å²) in [6.07, 6.45) is 0.917. The smallest absolute Gasteiger partial charge is 0.133 e. The van der Waals surface area contributed by atoms with Crippen LogP contribution in [0, 0.1) is 12.7 Å². The number of hydrogen-bond donors (Lipinski definition) is 1. The molecule has 0 saturated heterocycles. The number of nitrogen functional groups attached to an aromatic ring is 1. The van der Waals surface area contributed by atoms with Crippen LogP contribution in [0.2, 0.25) is 0 Å². The first-order valence-electron chi connectivity index (χ1n) is 5.94. The Bertz CT molecular complexity index is 610. The molecule has 2 heterocycles. The van der Waals surface area contributed by atoms with Crippen molar-refractivity contribution in [3.8, 4) is 0 Å². The average molecular weight is 243 g/mol. The third-order valence-corrected chi connectivity index (χ3v) is 3.33. The lowest BCUT2D eigenvalue weighted by Gasteiger charge is -2.19. The number of nitrogens with zero attached hydrogens (tertiary/aromatic N) is 2. The normalized spacial score (nSPS) is 13.8. The van der Waals surface area contributed by atoms with Gasteiger partial charge in [0.1, 0.15) is 11.6 Å². The molecule has 0 radical (unpaired) electrons. The number of anilines is 3. The van der Waals surface area contributed by atoms with Crippen LogP contribution in [0.1, 0.15) is 11.3 Å². The van der Waals surface area contributed by atoms with Crippen LogP contribution in [0.5, 0.6) is 0 Å². The molecule has 18 heavy (non-hydrogen) atoms. The zero-order chi connectivity index (χ0) is 12.7. The van der Waals surface area contributed by atoms with Gasteiger partial charge in [0.05, 0.1) is 11.4 Å². The topological polar surface area (TPSA) is 42.2 Å². The second-order valence-corrected chi connectivity index (χ2v) is 4.52. The first kappa shape index (κ1) is 11.0. The number of aryl methyl sites for hydroxylation is 1. The van der Waals surface area contributed by atoms with Crippen LogP contribution >= 0.6 is 0 Å². The van der Waals surface area contributed by atoms with E-state index in [0.29, 0.717) is 5.69 Å². The van der Waals surface area contributed by atoms with E-state index < -0.39 is 0 Å². The fourth-order valence-electron chi connectivity index (χ4n) is 2.30. The SMILES string of the molecule is Cc1nc(N2CCc3ccc(F)cc32)ccc1N. The Morgan fingerprint density at radius 1 is 1.28 bits per heavy atom. The monoisotopic (exact) mass is 243 g/mol. The minimum atomic E-state index is -0.215. The predicted octanol–water partition coefficient (Wildman–Crippen LogP) is 2.81. The molecule has 2 aromatic rings. The van der Waals surface area contributed by atoms with Gasteiger partial charge in [-0.05, 0) is 43.2 Å². The summed E-state index contributed by atoms with van der Waals surface area (Å²) in [7, 11) is 0. The van der Waals surface area contributed by atoms with E-state index in [2.05, 4.69) is 4.98 Å². The second kappa shape index (κ2) is 3.98. The van der Waals surface area contributed by atoms with Crippen LogP contribution in [-0.2, 0) is 6.42 Å². The van der Waals surface area contributed by atoms with Gasteiger partial charge < -0.3 is 10.6 Å². The second-order valence-electron chi connectivity index (χ2n) is 4.52. The molecule has 3 nitrogen and oxygen atoms in total. The van der Waals surface area contributed by atoms with Gasteiger partial charge in [0.2, 0.25) is 0 Å². The highest BCUT2D eigenvalue weighted by Gasteiger charge is 2.21. The number of hydrogen-bond acceptors (Lipinski definition) is 3. The lowest BCUT2D eigenvalue weighted by molar-refractivity contribution is 0.628. The molecule has 92 valence electrons. The number of rotatable bonds is 1. The van der Waals surface area contributed by atoms with E-state index in [4.69, 9.17) is 5.73 Å². The minimum Gasteiger partial charge on any atom is -0.397 e. The molecular weight excluding hydrogens is 229 g/mol. The molecule has 0 saturated carbocycles. The van der Waals surface area contributed by atoms with Gasteiger partial charge in [0.25, 0.3) is 0 Å². The van der Waals surface area contributed by atoms with Crippen molar-refractivity contribution in [3.05, 3.63) is 47.4 Å². The Hall–Kier alpha value is -2.10. The molecule has 2 N–H and O–H groups in total. The maximum atomic E-state index is 13.3. The van der Waals surface area contributed by atoms with Crippen LogP contribution in [0.3, 0.4) is 0 Å². The summed E-state index contributed by atoms with van der Waals surface area (Å²) in [4.78, 5) is 6.49. The van der Waals surface area contributed by atoms with E-state index in [1.54, 1.807) is 6.07 Å². The van der Waals surface area contributed by atoms with Crippen molar-refractivity contribution in [3.63, 3.8) is 0 Å². The van der Waals surface area contributed by atoms with Crippen molar-refractivity contribution in [2.45, 2.75) is 13.3 Å². The molecule has 0 spiro atoms. The fourth-order valence-corrected chi connectivity index (χ4v) is 2.30. The average Bonchev–Trinajstić information content (AvgIpc) is 2.75. The Balaban J connectivity index is 2.05. The van der Waals surface area contributed by atoms with Gasteiger partial charge in [-0.15, -0.1) is 0 Å². The van der Waals surface area contributed by atoms with Crippen molar-refractivity contribution in [1.82, 2.24) is 4.98 Å². The number of aromatic nitrogens is 1. The van der Waals surface area contributed by atoms with Crippen LogP contribution in [0.15, 0.2) is 30.3 Å². The summed E-state index contributed by atoms with van der Waals surface area (Å²) in [5.41, 5.74) is 9.32. The zero-order valence-corrected chi connectivity index (χ0v) is 10.2. The summed E-state index contributed by atoms with van der Waals surface area (Å²) in [6.45, 7) is 2.70. The van der Waals surface area contributed by atoms with Crippen molar-refractivity contribution >= 4 is 17.2 Å². The number of fused-ring (bicyclic) bond motifs is 1. The Morgan fingerprint density at radius 3 is 2.89 bits per heavy atom. The lowest BCUT2D eigenvalue weighted by Crippen LogP contribution is -2.15. The Morgan fingerprint density at radius 2 is 2.11 bits per heavy atom. The van der Waals surface area contributed by atoms with Crippen LogP contribution < -0.4 is 10.6 Å². The van der Waals surface area contributed by atoms with Crippen molar-refractivity contribution in [2.75, 3.05) is 17.2 Å². The quantitative estimate of drug-likeness (QED) is 0.837. The van der Waals surface area contributed by atoms with Crippen molar-refractivity contribution in [2.24, 2.45) is 0 Å². The first-order valence-corrected chi connectivity index (χ1v) is 5.94. The maximum absolute atomic E-state index is 13.3. The number of benzene rings is 1. The van der Waals surface area contributed by atoms with Crippen LogP contribution in [0.4, 0.5) is 21.6 Å². The first-order chi connectivity index (χ1) is 8.65. The molecule has 0 atom stereocenters. The summed E-state index contributed by atoms with van der Waals surface area (Å²) < 4.78 is 13.3. The van der Waals surface area contributed by atoms with Crippen LogP contribution in [-0.4, -0.2) is 11.5 Å². The highest BCUT2D eigenvalue weighted by atomic mass is 19.1. The molecule has 4 heteroatoms. The summed E-state index contributed by atoms with van der Waals surface area (Å²) >= 11 is 0. The van der Waals surface area contributed by atoms with Gasteiger partial charge in [0, 0.05) is 12.2 Å². The number of nitrogens with two attached hydrogens (primary N) is 1. The van der Waals surface area contributed by atoms with Crippen molar-refractivity contribution < 1.29 is 4.39 Å². The van der Waals surface area contributed by atoms with Gasteiger partial charge in [-0.2, -0.15) is 0 Å². The molecule has 0 bridgehead atoms. The van der Waals surface area contributed by atoms with Gasteiger partial charge >= 0.3 is 0 Å². The third-order valence-electron chi connectivity index (χ3n) is 3.33. The summed E-state index contributed by atoms with van der Waals surface area (Å²) in [5.74, 6) is 0.610. The van der Waals surface area contributed by atoms with Gasteiger partial charge in [-0.1, -0.05) is 6.07 Å². The largest absolute Gasteiger partial charge is 0.397 e. The highest BCUT2D eigenvalue weighted by Crippen LogP contribution is 2.34. The van der Waals surface area contributed by atoms with E-state index >= 15 is 0 Å². The third kappa shape index (κ3) is 1.70. The Kier molecular flexibility index (Phi) is 2.44. The van der Waals surface area contributed by atoms with E-state index in [9.17, 15) is 4.39 Å². The maximum Gasteiger partial charge on any atom is 0.133 e. The summed E-state index contributed by atoms with van der Waals surface area (Å²) in [6, 6.07) is 8.63. The zero-order valence-electron chi connectivity index (χ0n) is 10.2. The minimum absolute atomic E-state index is 0.215. The molecule has 1 aromatic carbocycles. The van der Waals surface area contributed by atoms with Gasteiger partial charge in [-0.25, -0.2) is 9.37 Å². The van der Waals surface area contributed by atoms with Crippen LogP contribution in [0.25, 0.3) is 0 Å². The summed E-state index contributed by atoms with van der Waals surface area (Å²) in [5, 5.41) is 0. The van der Waals surface area contributed by atoms with Gasteiger partial charge in [-0.3, -0.25) is 0 Å². The molecule has 0 aliphatic carbocycles. The predicted molar refractivity (Wildman–Crippen MR) is 70.5 cm³/mol. The molecule has 0 amide bonds. The molecule has 3 rings (SSSR count). The lowest BCUT2D eigenvalue weighted by atomic mass is 10.2. The van der Waals surface area contributed by atoms with Crippen molar-refractivity contribution in [1.29, 1.82) is 0 Å². The molecule has 1 aromatic heterocycles. The van der Waals surface area contributed by atoms with E-state index in [1.807, 2.05) is 30.0 Å². The molecule has 0 unspecified atom stereocenters. The van der Waals surface area contributed by atoms with E-state index in [1.165, 1.54) is 6.07 Å².